The van der Waals surface area contributed by atoms with Crippen molar-refractivity contribution in [2.45, 2.75) is 13.8 Å². The van der Waals surface area contributed by atoms with Crippen LogP contribution in [-0.2, 0) is 0 Å². The van der Waals surface area contributed by atoms with Crippen molar-refractivity contribution in [1.29, 1.82) is 0 Å². The third-order valence-electron chi connectivity index (χ3n) is 10.0. The molecule has 0 atom stereocenters. The number of hydrogen-bond donors (Lipinski definition) is 0. The lowest BCUT2D eigenvalue weighted by molar-refractivity contribution is 0.668. The second-order valence-corrected chi connectivity index (χ2v) is 14.4. The van der Waals surface area contributed by atoms with Crippen LogP contribution in [0.2, 0.25) is 0 Å². The monoisotopic (exact) mass is 685 g/mol. The molecule has 5 heteroatoms. The van der Waals surface area contributed by atoms with Crippen LogP contribution in [0.15, 0.2) is 156 Å². The van der Waals surface area contributed by atoms with Gasteiger partial charge in [0.15, 0.2) is 17.5 Å². The summed E-state index contributed by atoms with van der Waals surface area (Å²) < 4.78 is 8.64. The summed E-state index contributed by atoms with van der Waals surface area (Å²) in [6.07, 6.45) is 0. The normalized spacial score (nSPS) is 11.7. The van der Waals surface area contributed by atoms with Gasteiger partial charge in [0.2, 0.25) is 0 Å². The number of benzene rings is 7. The van der Waals surface area contributed by atoms with Gasteiger partial charge in [0.05, 0.1) is 0 Å². The molecular weight excluding hydrogens is 655 g/mol. The molecule has 10 rings (SSSR count). The first-order valence-electron chi connectivity index (χ1n) is 17.4. The Bertz CT molecular complexity index is 2920. The second-order valence-electron chi connectivity index (χ2n) is 13.3. The minimum Gasteiger partial charge on any atom is -0.456 e. The standard InChI is InChI=1S/C47H31N3OS/c1-28-20-21-32(25-36(28)37-27-38-34-16-9-10-18-40(34)51-41(38)24-29(37)2)33-22-23-42-39(26-33)44-35(17-11-19-43(44)52-42)47-49-45(30-12-5-3-6-13-30)48-46(50-47)31-14-7-4-8-15-31/h3-27H,1-2H3. The maximum atomic E-state index is 6.20. The molecule has 0 radical (unpaired) electrons. The number of aromatic nitrogens is 3. The molecule has 0 bridgehead atoms. The van der Waals surface area contributed by atoms with Crippen molar-refractivity contribution in [3.63, 3.8) is 0 Å². The van der Waals surface area contributed by atoms with E-state index in [4.69, 9.17) is 19.4 Å². The lowest BCUT2D eigenvalue weighted by Crippen LogP contribution is -2.00. The van der Waals surface area contributed by atoms with Crippen molar-refractivity contribution < 1.29 is 4.42 Å². The first-order chi connectivity index (χ1) is 25.6. The van der Waals surface area contributed by atoms with Crippen LogP contribution in [0, 0.1) is 13.8 Å². The summed E-state index contributed by atoms with van der Waals surface area (Å²) in [6.45, 7) is 4.37. The molecule has 246 valence electrons. The molecule has 7 aromatic carbocycles. The number of nitrogens with zero attached hydrogens (tertiary/aromatic N) is 3. The van der Waals surface area contributed by atoms with E-state index in [0.29, 0.717) is 17.5 Å². The van der Waals surface area contributed by atoms with Crippen molar-refractivity contribution in [3.8, 4) is 56.4 Å². The first kappa shape index (κ1) is 30.4. The van der Waals surface area contributed by atoms with Crippen molar-refractivity contribution in [1.82, 2.24) is 15.0 Å². The molecule has 0 aliphatic heterocycles. The molecule has 0 unspecified atom stereocenters. The lowest BCUT2D eigenvalue weighted by Gasteiger charge is -2.13. The number of rotatable bonds is 5. The van der Waals surface area contributed by atoms with E-state index in [1.807, 2.05) is 72.8 Å². The van der Waals surface area contributed by atoms with Gasteiger partial charge in [0, 0.05) is 47.6 Å². The van der Waals surface area contributed by atoms with E-state index >= 15 is 0 Å². The SMILES string of the molecule is Cc1ccc(-c2ccc3sc4cccc(-c5nc(-c6ccccc6)nc(-c6ccccc6)n5)c4c3c2)cc1-c1cc2c(cc1C)oc1ccccc12. The Morgan fingerprint density at radius 1 is 0.404 bits per heavy atom. The van der Waals surface area contributed by atoms with Gasteiger partial charge in [-0.3, -0.25) is 0 Å². The number of hydrogen-bond acceptors (Lipinski definition) is 5. The maximum Gasteiger partial charge on any atom is 0.164 e. The molecule has 3 heterocycles. The molecule has 0 amide bonds. The van der Waals surface area contributed by atoms with Crippen LogP contribution < -0.4 is 0 Å². The summed E-state index contributed by atoms with van der Waals surface area (Å²) in [7, 11) is 0. The molecule has 4 nitrogen and oxygen atoms in total. The Morgan fingerprint density at radius 3 is 1.83 bits per heavy atom. The summed E-state index contributed by atoms with van der Waals surface area (Å²) in [6, 6.07) is 53.1. The summed E-state index contributed by atoms with van der Waals surface area (Å²) in [5.41, 5.74) is 12.0. The molecule has 0 fully saturated rings. The Labute approximate surface area is 304 Å². The highest BCUT2D eigenvalue weighted by Crippen LogP contribution is 2.42. The summed E-state index contributed by atoms with van der Waals surface area (Å²) in [5.74, 6) is 1.98. The predicted molar refractivity (Wildman–Crippen MR) is 217 cm³/mol. The zero-order valence-corrected chi connectivity index (χ0v) is 29.4. The van der Waals surface area contributed by atoms with Crippen molar-refractivity contribution in [2.24, 2.45) is 0 Å². The molecule has 0 saturated carbocycles. The van der Waals surface area contributed by atoms with E-state index in [9.17, 15) is 0 Å². The minimum atomic E-state index is 0.658. The quantitative estimate of drug-likeness (QED) is 0.181. The predicted octanol–water partition coefficient (Wildman–Crippen LogP) is 13.1. The highest BCUT2D eigenvalue weighted by molar-refractivity contribution is 7.26. The van der Waals surface area contributed by atoms with Crippen molar-refractivity contribution in [2.75, 3.05) is 0 Å². The molecule has 52 heavy (non-hydrogen) atoms. The largest absolute Gasteiger partial charge is 0.456 e. The lowest BCUT2D eigenvalue weighted by atomic mass is 9.91. The third-order valence-corrected chi connectivity index (χ3v) is 11.2. The van der Waals surface area contributed by atoms with Gasteiger partial charge in [0.1, 0.15) is 11.2 Å². The number of aryl methyl sites for hydroxylation is 2. The van der Waals surface area contributed by atoms with Crippen LogP contribution in [-0.4, -0.2) is 15.0 Å². The van der Waals surface area contributed by atoms with Gasteiger partial charge >= 0.3 is 0 Å². The Balaban J connectivity index is 1.13. The Hall–Kier alpha value is -6.43. The number of thiophene rings is 1. The molecule has 3 aromatic heterocycles. The van der Waals surface area contributed by atoms with E-state index in [2.05, 4.69) is 92.7 Å². The van der Waals surface area contributed by atoms with Gasteiger partial charge in [0.25, 0.3) is 0 Å². The van der Waals surface area contributed by atoms with Gasteiger partial charge in [-0.25, -0.2) is 15.0 Å². The van der Waals surface area contributed by atoms with Crippen LogP contribution in [0.4, 0.5) is 0 Å². The Kier molecular flexibility index (Phi) is 7.08. The van der Waals surface area contributed by atoms with Gasteiger partial charge in [-0.2, -0.15) is 0 Å². The average molecular weight is 686 g/mol. The third kappa shape index (κ3) is 5.09. The molecule has 0 spiro atoms. The molecule has 0 aliphatic carbocycles. The number of para-hydroxylation sites is 1. The topological polar surface area (TPSA) is 51.8 Å². The molecule has 0 N–H and O–H groups in total. The van der Waals surface area contributed by atoms with Crippen molar-refractivity contribution in [3.05, 3.63) is 163 Å². The smallest absolute Gasteiger partial charge is 0.164 e. The van der Waals surface area contributed by atoms with E-state index in [1.54, 1.807) is 11.3 Å². The fourth-order valence-electron chi connectivity index (χ4n) is 7.38. The summed E-state index contributed by atoms with van der Waals surface area (Å²) >= 11 is 1.80. The van der Waals surface area contributed by atoms with Gasteiger partial charge in [-0.1, -0.05) is 109 Å². The van der Waals surface area contributed by atoms with Crippen LogP contribution in [0.5, 0.6) is 0 Å². The van der Waals surface area contributed by atoms with E-state index in [1.165, 1.54) is 48.2 Å². The average Bonchev–Trinajstić information content (AvgIpc) is 3.75. The number of furan rings is 1. The van der Waals surface area contributed by atoms with E-state index in [0.717, 1.165) is 44.0 Å². The maximum absolute atomic E-state index is 6.20. The van der Waals surface area contributed by atoms with Gasteiger partial charge < -0.3 is 4.42 Å². The number of fused-ring (bicyclic) bond motifs is 6. The first-order valence-corrected chi connectivity index (χ1v) is 18.2. The van der Waals surface area contributed by atoms with Crippen LogP contribution in [0.25, 0.3) is 98.5 Å². The zero-order chi connectivity index (χ0) is 34.8. The molecule has 0 saturated heterocycles. The highest BCUT2D eigenvalue weighted by Gasteiger charge is 2.18. The minimum absolute atomic E-state index is 0.658. The zero-order valence-electron chi connectivity index (χ0n) is 28.6. The van der Waals surface area contributed by atoms with E-state index in [-0.39, 0.29) is 0 Å². The van der Waals surface area contributed by atoms with Gasteiger partial charge in [-0.15, -0.1) is 11.3 Å². The molecular formula is C47H31N3OS. The van der Waals surface area contributed by atoms with Crippen LogP contribution in [0.3, 0.4) is 0 Å². The Morgan fingerprint density at radius 2 is 1.06 bits per heavy atom. The fraction of sp³-hybridized carbons (Fsp3) is 0.0426. The van der Waals surface area contributed by atoms with E-state index < -0.39 is 0 Å². The second kappa shape index (κ2) is 12.1. The summed E-state index contributed by atoms with van der Waals surface area (Å²) in [4.78, 5) is 15.1. The van der Waals surface area contributed by atoms with Crippen molar-refractivity contribution >= 4 is 53.4 Å². The van der Waals surface area contributed by atoms with Crippen LogP contribution >= 0.6 is 11.3 Å². The summed E-state index contributed by atoms with van der Waals surface area (Å²) in [5, 5.41) is 4.64. The van der Waals surface area contributed by atoms with Crippen LogP contribution in [0.1, 0.15) is 11.1 Å². The molecule has 0 aliphatic rings. The van der Waals surface area contributed by atoms with Gasteiger partial charge in [-0.05, 0) is 89.7 Å². The highest BCUT2D eigenvalue weighted by atomic mass is 32.1. The molecule has 10 aromatic rings. The fourth-order valence-corrected chi connectivity index (χ4v) is 8.49.